The van der Waals surface area contributed by atoms with E-state index in [2.05, 4.69) is 10.6 Å². The molecule has 126 valence electrons. The molecule has 4 nitrogen and oxygen atoms in total. The van der Waals surface area contributed by atoms with Crippen LogP contribution in [0.1, 0.15) is 30.4 Å². The van der Waals surface area contributed by atoms with Crippen LogP contribution in [0.3, 0.4) is 0 Å². The minimum atomic E-state index is -0.0350. The highest BCUT2D eigenvalue weighted by Crippen LogP contribution is 2.14. The Labute approximate surface area is 143 Å². The van der Waals surface area contributed by atoms with Gasteiger partial charge in [0.25, 0.3) is 0 Å². The van der Waals surface area contributed by atoms with Gasteiger partial charge in [0.05, 0.1) is 6.04 Å². The maximum atomic E-state index is 12.1. The predicted molar refractivity (Wildman–Crippen MR) is 94.7 cm³/mol. The second-order valence-electron chi connectivity index (χ2n) is 6.14. The van der Waals surface area contributed by atoms with Crippen molar-refractivity contribution in [2.75, 3.05) is 6.54 Å². The van der Waals surface area contributed by atoms with Crippen molar-refractivity contribution in [3.8, 4) is 5.75 Å². The van der Waals surface area contributed by atoms with Crippen molar-refractivity contribution in [3.05, 3.63) is 65.7 Å². The van der Waals surface area contributed by atoms with Crippen molar-refractivity contribution in [1.29, 1.82) is 0 Å². The van der Waals surface area contributed by atoms with Crippen molar-refractivity contribution in [3.63, 3.8) is 0 Å². The van der Waals surface area contributed by atoms with E-state index in [1.165, 1.54) is 0 Å². The lowest BCUT2D eigenvalue weighted by atomic mass is 10.0. The Morgan fingerprint density at radius 1 is 1.04 bits per heavy atom. The zero-order valence-corrected chi connectivity index (χ0v) is 13.8. The molecule has 3 rings (SSSR count). The summed E-state index contributed by atoms with van der Waals surface area (Å²) in [6, 6.07) is 17.9. The van der Waals surface area contributed by atoms with Crippen LogP contribution < -0.4 is 15.4 Å². The van der Waals surface area contributed by atoms with E-state index in [0.29, 0.717) is 13.2 Å². The molecule has 1 aliphatic heterocycles. The Hall–Kier alpha value is -2.33. The summed E-state index contributed by atoms with van der Waals surface area (Å²) in [6.45, 7) is 2.05. The third kappa shape index (κ3) is 4.83. The van der Waals surface area contributed by atoms with Crippen molar-refractivity contribution in [2.45, 2.75) is 38.5 Å². The Morgan fingerprint density at radius 3 is 2.54 bits per heavy atom. The minimum absolute atomic E-state index is 0.0350. The maximum Gasteiger partial charge on any atom is 0.237 e. The third-order valence-electron chi connectivity index (χ3n) is 4.27. The average molecular weight is 324 g/mol. The first-order valence-corrected chi connectivity index (χ1v) is 8.58. The van der Waals surface area contributed by atoms with Crippen LogP contribution in [0.5, 0.6) is 5.75 Å². The van der Waals surface area contributed by atoms with E-state index in [0.717, 1.165) is 42.7 Å². The predicted octanol–water partition coefficient (Wildman–Crippen LogP) is 3.02. The van der Waals surface area contributed by atoms with Gasteiger partial charge in [-0.1, -0.05) is 48.9 Å². The van der Waals surface area contributed by atoms with Gasteiger partial charge in [-0.2, -0.15) is 0 Å². The van der Waals surface area contributed by atoms with Crippen LogP contribution in [0.4, 0.5) is 0 Å². The van der Waals surface area contributed by atoms with Crippen molar-refractivity contribution in [1.82, 2.24) is 10.6 Å². The molecule has 0 radical (unpaired) electrons. The molecule has 0 bridgehead atoms. The summed E-state index contributed by atoms with van der Waals surface area (Å²) in [7, 11) is 0. The largest absolute Gasteiger partial charge is 0.489 e. The third-order valence-corrected chi connectivity index (χ3v) is 4.27. The van der Waals surface area contributed by atoms with E-state index in [-0.39, 0.29) is 11.9 Å². The molecular formula is C20H24N2O2. The van der Waals surface area contributed by atoms with Gasteiger partial charge in [0.1, 0.15) is 12.4 Å². The quantitative estimate of drug-likeness (QED) is 0.859. The lowest BCUT2D eigenvalue weighted by molar-refractivity contribution is -0.123. The highest BCUT2D eigenvalue weighted by molar-refractivity contribution is 5.81. The SMILES string of the molecule is O=C(NCc1ccc(OCc2ccccc2)cc1)[C@H]1CCCCN1. The minimum Gasteiger partial charge on any atom is -0.489 e. The van der Waals surface area contributed by atoms with Gasteiger partial charge in [-0.15, -0.1) is 0 Å². The lowest BCUT2D eigenvalue weighted by Gasteiger charge is -2.22. The fourth-order valence-electron chi connectivity index (χ4n) is 2.83. The molecule has 1 saturated heterocycles. The highest BCUT2D eigenvalue weighted by atomic mass is 16.5. The van der Waals surface area contributed by atoms with E-state index in [9.17, 15) is 4.79 Å². The first-order chi connectivity index (χ1) is 11.8. The number of rotatable bonds is 6. The van der Waals surface area contributed by atoms with Gasteiger partial charge in [-0.3, -0.25) is 4.79 Å². The summed E-state index contributed by atoms with van der Waals surface area (Å²) in [5.74, 6) is 0.932. The molecule has 0 aromatic heterocycles. The molecule has 1 aliphatic rings. The van der Waals surface area contributed by atoms with E-state index in [1.807, 2.05) is 54.6 Å². The molecule has 1 amide bonds. The van der Waals surface area contributed by atoms with E-state index in [1.54, 1.807) is 0 Å². The summed E-state index contributed by atoms with van der Waals surface area (Å²) in [5, 5.41) is 6.27. The number of piperidine rings is 1. The summed E-state index contributed by atoms with van der Waals surface area (Å²) in [5.41, 5.74) is 2.22. The van der Waals surface area contributed by atoms with Crippen molar-refractivity contribution in [2.24, 2.45) is 0 Å². The van der Waals surface area contributed by atoms with Crippen LogP contribution in [0, 0.1) is 0 Å². The molecule has 1 fully saturated rings. The maximum absolute atomic E-state index is 12.1. The van der Waals surface area contributed by atoms with Crippen molar-refractivity contribution < 1.29 is 9.53 Å². The van der Waals surface area contributed by atoms with Gasteiger partial charge < -0.3 is 15.4 Å². The molecule has 24 heavy (non-hydrogen) atoms. The van der Waals surface area contributed by atoms with Crippen LogP contribution in [-0.2, 0) is 17.9 Å². The zero-order valence-electron chi connectivity index (χ0n) is 13.8. The molecule has 2 N–H and O–H groups in total. The smallest absolute Gasteiger partial charge is 0.237 e. The number of hydrogen-bond acceptors (Lipinski definition) is 3. The molecule has 0 unspecified atom stereocenters. The number of amides is 1. The van der Waals surface area contributed by atoms with Crippen LogP contribution in [-0.4, -0.2) is 18.5 Å². The number of hydrogen-bond donors (Lipinski definition) is 2. The van der Waals surface area contributed by atoms with E-state index in [4.69, 9.17) is 4.74 Å². The fraction of sp³-hybridized carbons (Fsp3) is 0.350. The zero-order chi connectivity index (χ0) is 16.6. The van der Waals surface area contributed by atoms with Gasteiger partial charge in [-0.25, -0.2) is 0 Å². The summed E-state index contributed by atoms with van der Waals surface area (Å²) >= 11 is 0. The number of benzene rings is 2. The average Bonchev–Trinajstić information content (AvgIpc) is 2.67. The van der Waals surface area contributed by atoms with Gasteiger partial charge in [0.2, 0.25) is 5.91 Å². The Balaban J connectivity index is 1.45. The standard InChI is InChI=1S/C20H24N2O2/c23-20(19-8-4-5-13-21-19)22-14-16-9-11-18(12-10-16)24-15-17-6-2-1-3-7-17/h1-3,6-7,9-12,19,21H,4-5,8,13-15H2,(H,22,23)/t19-/m1/s1. The topological polar surface area (TPSA) is 50.4 Å². The molecular weight excluding hydrogens is 300 g/mol. The van der Waals surface area contributed by atoms with Crippen LogP contribution in [0.15, 0.2) is 54.6 Å². The molecule has 0 aliphatic carbocycles. The number of nitrogens with one attached hydrogen (secondary N) is 2. The first-order valence-electron chi connectivity index (χ1n) is 8.58. The first kappa shape index (κ1) is 16.5. The lowest BCUT2D eigenvalue weighted by Crippen LogP contribution is -2.46. The van der Waals surface area contributed by atoms with Crippen molar-refractivity contribution >= 4 is 5.91 Å². The molecule has 1 atom stereocenters. The number of carbonyl (C=O) groups excluding carboxylic acids is 1. The van der Waals surface area contributed by atoms with Crippen LogP contribution in [0.25, 0.3) is 0 Å². The Kier molecular flexibility index (Phi) is 5.85. The monoisotopic (exact) mass is 324 g/mol. The second-order valence-corrected chi connectivity index (χ2v) is 6.14. The van der Waals surface area contributed by atoms with Crippen LogP contribution in [0.2, 0.25) is 0 Å². The summed E-state index contributed by atoms with van der Waals surface area (Å²) < 4.78 is 5.77. The molecule has 2 aromatic rings. The number of carbonyl (C=O) groups is 1. The van der Waals surface area contributed by atoms with Gasteiger partial charge in [0, 0.05) is 6.54 Å². The Morgan fingerprint density at radius 2 is 1.83 bits per heavy atom. The molecule has 2 aromatic carbocycles. The highest BCUT2D eigenvalue weighted by Gasteiger charge is 2.19. The number of ether oxygens (including phenoxy) is 1. The second kappa shape index (κ2) is 8.50. The van der Waals surface area contributed by atoms with E-state index >= 15 is 0 Å². The molecule has 0 saturated carbocycles. The van der Waals surface area contributed by atoms with Gasteiger partial charge >= 0.3 is 0 Å². The van der Waals surface area contributed by atoms with Gasteiger partial charge in [-0.05, 0) is 42.6 Å². The molecule has 4 heteroatoms. The fourth-order valence-corrected chi connectivity index (χ4v) is 2.83. The van der Waals surface area contributed by atoms with Crippen LogP contribution >= 0.6 is 0 Å². The Bertz CT molecular complexity index is 634. The van der Waals surface area contributed by atoms with Gasteiger partial charge in [0.15, 0.2) is 0 Å². The normalized spacial score (nSPS) is 17.2. The molecule has 0 spiro atoms. The molecule has 1 heterocycles. The summed E-state index contributed by atoms with van der Waals surface area (Å²) in [4.78, 5) is 12.1. The van der Waals surface area contributed by atoms with E-state index < -0.39 is 0 Å². The summed E-state index contributed by atoms with van der Waals surface area (Å²) in [6.07, 6.45) is 3.21.